The number of fused-ring (bicyclic) bond motifs is 8. The van der Waals surface area contributed by atoms with Gasteiger partial charge in [-0.3, -0.25) is 0 Å². The first-order valence-electron chi connectivity index (χ1n) is 23.0. The molecule has 10 aromatic carbocycles. The van der Waals surface area contributed by atoms with E-state index in [2.05, 4.69) is 264 Å². The molecule has 0 radical (unpaired) electrons. The zero-order chi connectivity index (χ0) is 43.9. The van der Waals surface area contributed by atoms with Gasteiger partial charge in [-0.25, -0.2) is 0 Å². The van der Waals surface area contributed by atoms with Gasteiger partial charge in [-0.2, -0.15) is 0 Å². The summed E-state index contributed by atoms with van der Waals surface area (Å²) in [7, 11) is 0. The highest BCUT2D eigenvalue weighted by molar-refractivity contribution is 6.09. The van der Waals surface area contributed by atoms with Crippen molar-refractivity contribution >= 4 is 72.4 Å². The zero-order valence-corrected chi connectivity index (χ0v) is 36.9. The Morgan fingerprint density at radius 1 is 0.394 bits per heavy atom. The van der Waals surface area contributed by atoms with Crippen LogP contribution in [0.4, 0.5) is 39.8 Å². The van der Waals surface area contributed by atoms with E-state index < -0.39 is 0 Å². The van der Waals surface area contributed by atoms with Gasteiger partial charge in [0.25, 0.3) is 0 Å². The van der Waals surface area contributed by atoms with E-state index >= 15 is 0 Å². The molecule has 0 spiro atoms. The summed E-state index contributed by atoms with van der Waals surface area (Å²) in [4.78, 5) is 7.36. The Morgan fingerprint density at radius 3 is 1.74 bits per heavy atom. The number of benzene rings is 10. The molecule has 1 aromatic heterocycles. The average molecular weight is 847 g/mol. The van der Waals surface area contributed by atoms with Crippen LogP contribution in [0.5, 0.6) is 0 Å². The number of nitrogens with zero attached hydrogens (tertiary/aromatic N) is 4. The van der Waals surface area contributed by atoms with Gasteiger partial charge in [0.1, 0.15) is 6.67 Å². The van der Waals surface area contributed by atoms with Crippen LogP contribution in [-0.2, 0) is 5.41 Å². The van der Waals surface area contributed by atoms with Gasteiger partial charge in [0, 0.05) is 50.3 Å². The fraction of sp³-hybridized carbons (Fsp3) is 0.0645. The number of hydrogen-bond donors (Lipinski definition) is 0. The average Bonchev–Trinajstić information content (AvgIpc) is 4.00. The van der Waals surface area contributed by atoms with Crippen molar-refractivity contribution in [3.8, 4) is 27.9 Å². The molecule has 13 rings (SSSR count). The minimum absolute atomic E-state index is 0.243. The molecule has 11 aromatic rings. The molecule has 0 amide bonds. The van der Waals surface area contributed by atoms with Crippen LogP contribution in [0.15, 0.2) is 231 Å². The minimum atomic E-state index is -0.243. The Labute approximate surface area is 385 Å². The molecule has 314 valence electrons. The van der Waals surface area contributed by atoms with Crippen molar-refractivity contribution in [1.82, 2.24) is 4.57 Å². The molecule has 2 heterocycles. The summed E-state index contributed by atoms with van der Waals surface area (Å²) in [6.45, 7) is 5.51. The highest BCUT2D eigenvalue weighted by Gasteiger charge is 2.38. The number of hydrogen-bond acceptors (Lipinski definition) is 3. The van der Waals surface area contributed by atoms with Crippen LogP contribution >= 0.6 is 0 Å². The SMILES string of the molecule is CC1(C)c2ccccc2-c2c(-c3ccc4c(c3)N(c3ccccc3)CN4c3ccccc3)cc(N(c3cccc(-n4c5ccccc5c5ccccc54)c3)c3ccc4ccccc4c3)cc21. The summed E-state index contributed by atoms with van der Waals surface area (Å²) in [5.41, 5.74) is 19.0. The lowest BCUT2D eigenvalue weighted by atomic mass is 9.81. The van der Waals surface area contributed by atoms with Crippen molar-refractivity contribution in [3.05, 3.63) is 242 Å². The minimum Gasteiger partial charge on any atom is -0.321 e. The molecule has 0 N–H and O–H groups in total. The molecular formula is C62H46N4. The number of aromatic nitrogens is 1. The molecule has 1 aliphatic carbocycles. The number of anilines is 7. The maximum Gasteiger partial charge on any atom is 0.100 e. The fourth-order valence-corrected chi connectivity index (χ4v) is 11.0. The van der Waals surface area contributed by atoms with Gasteiger partial charge in [0.15, 0.2) is 0 Å². The maximum atomic E-state index is 2.48. The van der Waals surface area contributed by atoms with Crippen LogP contribution in [0.3, 0.4) is 0 Å². The first-order chi connectivity index (χ1) is 32.5. The van der Waals surface area contributed by atoms with E-state index in [0.29, 0.717) is 0 Å². The van der Waals surface area contributed by atoms with E-state index in [1.807, 2.05) is 0 Å². The summed E-state index contributed by atoms with van der Waals surface area (Å²) in [6, 6.07) is 84.9. The van der Waals surface area contributed by atoms with Crippen molar-refractivity contribution < 1.29 is 0 Å². The van der Waals surface area contributed by atoms with Crippen LogP contribution in [0, 0.1) is 0 Å². The lowest BCUT2D eigenvalue weighted by Crippen LogP contribution is -2.23. The molecule has 2 aliphatic rings. The van der Waals surface area contributed by atoms with E-state index in [1.54, 1.807) is 0 Å². The first-order valence-corrected chi connectivity index (χ1v) is 23.0. The topological polar surface area (TPSA) is 14.7 Å². The second-order valence-corrected chi connectivity index (χ2v) is 18.2. The number of para-hydroxylation sites is 4. The maximum absolute atomic E-state index is 2.48. The second-order valence-electron chi connectivity index (χ2n) is 18.2. The summed E-state index contributed by atoms with van der Waals surface area (Å²) in [5, 5.41) is 4.93. The normalized spacial score (nSPS) is 13.6. The molecule has 66 heavy (non-hydrogen) atoms. The van der Waals surface area contributed by atoms with Crippen molar-refractivity contribution in [2.45, 2.75) is 19.3 Å². The van der Waals surface area contributed by atoms with Gasteiger partial charge >= 0.3 is 0 Å². The van der Waals surface area contributed by atoms with E-state index in [-0.39, 0.29) is 5.41 Å². The largest absolute Gasteiger partial charge is 0.321 e. The molecule has 0 atom stereocenters. The van der Waals surface area contributed by atoms with Crippen molar-refractivity contribution in [2.75, 3.05) is 21.4 Å². The third kappa shape index (κ3) is 5.92. The Bertz CT molecular complexity index is 3630. The van der Waals surface area contributed by atoms with Gasteiger partial charge < -0.3 is 19.3 Å². The van der Waals surface area contributed by atoms with Gasteiger partial charge in [-0.05, 0) is 135 Å². The standard InChI is InChI=1S/C62H46N4/c1-62(2)55-29-14-11-28-53(55)61-54(44-33-35-59-60(37-44)64(46-22-7-4-8-23-46)41-63(59)45-20-5-3-6-21-45)39-50(40-56(61)62)65(49-34-32-42-18-9-10-19-43(42)36-49)47-24-17-25-48(38-47)66-57-30-15-12-26-51(57)52-27-13-16-31-58(52)66/h3-40H,41H2,1-2H3. The van der Waals surface area contributed by atoms with E-state index in [1.165, 1.54) is 88.7 Å². The highest BCUT2D eigenvalue weighted by atomic mass is 15.4. The molecule has 0 unspecified atom stereocenters. The van der Waals surface area contributed by atoms with Crippen LogP contribution in [0.25, 0.3) is 60.5 Å². The number of rotatable bonds is 7. The predicted octanol–water partition coefficient (Wildman–Crippen LogP) is 16.6. The van der Waals surface area contributed by atoms with Crippen molar-refractivity contribution in [3.63, 3.8) is 0 Å². The summed E-state index contributed by atoms with van der Waals surface area (Å²) in [6.07, 6.45) is 0. The zero-order valence-electron chi connectivity index (χ0n) is 36.9. The Hall–Kier alpha value is -8.34. The summed E-state index contributed by atoms with van der Waals surface area (Å²) < 4.78 is 2.42. The Kier molecular flexibility index (Phi) is 8.59. The fourth-order valence-electron chi connectivity index (χ4n) is 11.0. The second kappa shape index (κ2) is 14.9. The van der Waals surface area contributed by atoms with Crippen LogP contribution in [0.1, 0.15) is 25.0 Å². The molecule has 1 aliphatic heterocycles. The van der Waals surface area contributed by atoms with Crippen LogP contribution in [-0.4, -0.2) is 11.2 Å². The lowest BCUT2D eigenvalue weighted by Gasteiger charge is -2.30. The van der Waals surface area contributed by atoms with E-state index in [9.17, 15) is 0 Å². The highest BCUT2D eigenvalue weighted by Crippen LogP contribution is 2.56. The molecule has 4 nitrogen and oxygen atoms in total. The van der Waals surface area contributed by atoms with E-state index in [0.717, 1.165) is 29.4 Å². The van der Waals surface area contributed by atoms with Gasteiger partial charge in [-0.15, -0.1) is 0 Å². The summed E-state index contributed by atoms with van der Waals surface area (Å²) >= 11 is 0. The smallest absolute Gasteiger partial charge is 0.100 e. The summed E-state index contributed by atoms with van der Waals surface area (Å²) in [5.74, 6) is 0. The Morgan fingerprint density at radius 2 is 1.00 bits per heavy atom. The molecule has 0 saturated heterocycles. The van der Waals surface area contributed by atoms with Gasteiger partial charge in [0.05, 0.1) is 22.4 Å². The predicted molar refractivity (Wildman–Crippen MR) is 278 cm³/mol. The molecule has 0 bridgehead atoms. The van der Waals surface area contributed by atoms with Gasteiger partial charge in [0.2, 0.25) is 0 Å². The molecular weight excluding hydrogens is 801 g/mol. The van der Waals surface area contributed by atoms with Crippen molar-refractivity contribution in [1.29, 1.82) is 0 Å². The quantitative estimate of drug-likeness (QED) is 0.159. The molecule has 0 fully saturated rings. The lowest BCUT2D eigenvalue weighted by molar-refractivity contribution is 0.660. The molecule has 4 heteroatoms. The van der Waals surface area contributed by atoms with E-state index in [4.69, 9.17) is 0 Å². The first kappa shape index (κ1) is 38.1. The Balaban J connectivity index is 1.06. The van der Waals surface area contributed by atoms with Gasteiger partial charge in [-0.1, -0.05) is 153 Å². The third-order valence-corrected chi connectivity index (χ3v) is 14.1. The van der Waals surface area contributed by atoms with Crippen LogP contribution < -0.4 is 14.7 Å². The molecule has 0 saturated carbocycles. The van der Waals surface area contributed by atoms with Crippen molar-refractivity contribution in [2.24, 2.45) is 0 Å². The third-order valence-electron chi connectivity index (χ3n) is 14.1. The monoisotopic (exact) mass is 846 g/mol. The van der Waals surface area contributed by atoms with Crippen LogP contribution in [0.2, 0.25) is 0 Å².